The zero-order valence-corrected chi connectivity index (χ0v) is 45.9. The summed E-state index contributed by atoms with van der Waals surface area (Å²) in [5.41, 5.74) is 0. The molecule has 6 nitrogen and oxygen atoms in total. The molecule has 0 saturated heterocycles. The third-order valence-corrected chi connectivity index (χ3v) is 11.9. The van der Waals surface area contributed by atoms with Crippen LogP contribution in [0, 0.1) is 0 Å². The second kappa shape index (κ2) is 58.4. The highest BCUT2D eigenvalue weighted by atomic mass is 16.6. The van der Waals surface area contributed by atoms with E-state index in [-0.39, 0.29) is 44.0 Å². The van der Waals surface area contributed by atoms with Crippen LogP contribution < -0.4 is 0 Å². The Morgan fingerprint density at radius 1 is 0.282 bits per heavy atom. The van der Waals surface area contributed by atoms with Crippen LogP contribution in [0.4, 0.5) is 0 Å². The van der Waals surface area contributed by atoms with Crippen molar-refractivity contribution in [1.29, 1.82) is 0 Å². The summed E-state index contributed by atoms with van der Waals surface area (Å²) >= 11 is 0. The van der Waals surface area contributed by atoms with Crippen LogP contribution in [-0.4, -0.2) is 37.2 Å². The minimum atomic E-state index is -0.836. The van der Waals surface area contributed by atoms with Gasteiger partial charge in [-0.05, 0) is 122 Å². The number of hydrogen-bond donors (Lipinski definition) is 0. The topological polar surface area (TPSA) is 78.9 Å². The quantitative estimate of drug-likeness (QED) is 0.0261. The number of unbranched alkanes of at least 4 members (excludes halogenated alkanes) is 20. The number of allylic oxidation sites excluding steroid dienone is 20. The number of carbonyl (C=O) groups is 3. The zero-order valence-electron chi connectivity index (χ0n) is 45.9. The standard InChI is InChI=1S/C65H106O6/c1-4-7-10-13-16-19-22-25-28-31-32-35-37-40-43-46-49-52-55-58-64(67)70-61-62(71-65(68)59-56-53-50-47-44-41-38-34-30-27-24-21-18-15-12-9-6-3)60-69-63(66)57-54-51-48-45-42-39-36-33-29-26-23-20-17-14-11-8-5-2/h16-17,19-20,25-30,32,35-36,39-40,43,45,48-49,52,62H,4-15,18,21-24,31,33-34,37-38,41-42,44,46-47,50-51,53-61H2,1-3H3/b19-16-,20-17-,28-25-,29-26-,30-27-,35-32-,39-36-,43-40-,48-45-,52-49-/t62-/m0/s1. The van der Waals surface area contributed by atoms with Crippen molar-refractivity contribution < 1.29 is 28.6 Å². The summed E-state index contributed by atoms with van der Waals surface area (Å²) in [6, 6.07) is 0. The Morgan fingerprint density at radius 2 is 0.549 bits per heavy atom. The van der Waals surface area contributed by atoms with E-state index in [0.29, 0.717) is 19.3 Å². The van der Waals surface area contributed by atoms with Crippen molar-refractivity contribution in [3.63, 3.8) is 0 Å². The molecule has 71 heavy (non-hydrogen) atoms. The first kappa shape index (κ1) is 66.8. The lowest BCUT2D eigenvalue weighted by molar-refractivity contribution is -0.166. The van der Waals surface area contributed by atoms with E-state index >= 15 is 0 Å². The van der Waals surface area contributed by atoms with E-state index in [4.69, 9.17) is 14.2 Å². The highest BCUT2D eigenvalue weighted by Gasteiger charge is 2.19. The molecule has 0 aliphatic rings. The maximum atomic E-state index is 12.9. The fourth-order valence-corrected chi connectivity index (χ4v) is 7.53. The molecular weight excluding hydrogens is 877 g/mol. The van der Waals surface area contributed by atoms with Gasteiger partial charge in [-0.2, -0.15) is 0 Å². The molecule has 0 unspecified atom stereocenters. The monoisotopic (exact) mass is 983 g/mol. The number of ether oxygens (including phenoxy) is 3. The lowest BCUT2D eigenvalue weighted by atomic mass is 10.1. The van der Waals surface area contributed by atoms with E-state index in [1.165, 1.54) is 128 Å². The summed E-state index contributed by atoms with van der Waals surface area (Å²) in [5.74, 6) is -1.07. The third-order valence-electron chi connectivity index (χ3n) is 11.9. The molecule has 0 N–H and O–H groups in total. The zero-order chi connectivity index (χ0) is 51.4. The Morgan fingerprint density at radius 3 is 0.958 bits per heavy atom. The van der Waals surface area contributed by atoms with Crippen molar-refractivity contribution in [2.45, 2.75) is 258 Å². The van der Waals surface area contributed by atoms with Gasteiger partial charge >= 0.3 is 17.9 Å². The molecule has 0 rings (SSSR count). The maximum absolute atomic E-state index is 12.9. The lowest BCUT2D eigenvalue weighted by Crippen LogP contribution is -2.30. The molecule has 0 spiro atoms. The molecule has 1 atom stereocenters. The van der Waals surface area contributed by atoms with Gasteiger partial charge in [-0.3, -0.25) is 14.4 Å². The highest BCUT2D eigenvalue weighted by Crippen LogP contribution is 2.13. The Bertz CT molecular complexity index is 1500. The molecule has 0 radical (unpaired) electrons. The molecule has 0 saturated carbocycles. The van der Waals surface area contributed by atoms with Crippen LogP contribution in [0.5, 0.6) is 0 Å². The van der Waals surface area contributed by atoms with Crippen molar-refractivity contribution in [2.24, 2.45) is 0 Å². The van der Waals surface area contributed by atoms with Gasteiger partial charge in [0, 0.05) is 19.3 Å². The number of hydrogen-bond acceptors (Lipinski definition) is 6. The minimum Gasteiger partial charge on any atom is -0.462 e. The van der Waals surface area contributed by atoms with Gasteiger partial charge in [-0.1, -0.05) is 232 Å². The Labute approximate surface area is 437 Å². The third kappa shape index (κ3) is 56.6. The Hall–Kier alpha value is -4.19. The normalized spacial score (nSPS) is 13.0. The van der Waals surface area contributed by atoms with Crippen molar-refractivity contribution in [3.05, 3.63) is 122 Å². The van der Waals surface area contributed by atoms with Gasteiger partial charge in [0.2, 0.25) is 0 Å². The summed E-state index contributed by atoms with van der Waals surface area (Å²) in [4.78, 5) is 38.1. The molecule has 0 aliphatic carbocycles. The van der Waals surface area contributed by atoms with E-state index in [1.807, 2.05) is 6.08 Å². The molecule has 0 aliphatic heterocycles. The molecular formula is C65H106O6. The van der Waals surface area contributed by atoms with Crippen molar-refractivity contribution in [3.8, 4) is 0 Å². The van der Waals surface area contributed by atoms with Gasteiger partial charge in [-0.15, -0.1) is 0 Å². The van der Waals surface area contributed by atoms with Crippen LogP contribution >= 0.6 is 0 Å². The first-order valence-corrected chi connectivity index (χ1v) is 29.0. The van der Waals surface area contributed by atoms with Gasteiger partial charge in [-0.25, -0.2) is 0 Å². The summed E-state index contributed by atoms with van der Waals surface area (Å²) in [7, 11) is 0. The number of esters is 3. The van der Waals surface area contributed by atoms with Crippen LogP contribution in [0.3, 0.4) is 0 Å². The van der Waals surface area contributed by atoms with Gasteiger partial charge in [0.1, 0.15) is 13.2 Å². The van der Waals surface area contributed by atoms with E-state index in [1.54, 1.807) is 0 Å². The van der Waals surface area contributed by atoms with Gasteiger partial charge in [0.15, 0.2) is 6.10 Å². The molecule has 0 fully saturated rings. The van der Waals surface area contributed by atoms with Crippen LogP contribution in [0.15, 0.2) is 122 Å². The summed E-state index contributed by atoms with van der Waals surface area (Å²) in [6.07, 6.45) is 80.6. The largest absolute Gasteiger partial charge is 0.462 e. The van der Waals surface area contributed by atoms with Crippen molar-refractivity contribution in [2.75, 3.05) is 13.2 Å². The first-order chi connectivity index (χ1) is 35.0. The summed E-state index contributed by atoms with van der Waals surface area (Å²) < 4.78 is 16.7. The van der Waals surface area contributed by atoms with E-state index in [0.717, 1.165) is 70.6 Å². The van der Waals surface area contributed by atoms with Crippen LogP contribution in [-0.2, 0) is 28.6 Å². The number of carbonyl (C=O) groups excluding carboxylic acids is 3. The second-order valence-electron chi connectivity index (χ2n) is 18.8. The van der Waals surface area contributed by atoms with Crippen molar-refractivity contribution in [1.82, 2.24) is 0 Å². The molecule has 0 aromatic carbocycles. The van der Waals surface area contributed by atoms with Crippen LogP contribution in [0.2, 0.25) is 0 Å². The molecule has 0 heterocycles. The van der Waals surface area contributed by atoms with Gasteiger partial charge in [0.25, 0.3) is 0 Å². The molecule has 0 bridgehead atoms. The molecule has 6 heteroatoms. The summed E-state index contributed by atoms with van der Waals surface area (Å²) in [6.45, 7) is 6.46. The second-order valence-corrected chi connectivity index (χ2v) is 18.8. The maximum Gasteiger partial charge on any atom is 0.306 e. The molecule has 0 aromatic heterocycles. The Kier molecular flexibility index (Phi) is 54.9. The van der Waals surface area contributed by atoms with Gasteiger partial charge in [0.05, 0.1) is 0 Å². The van der Waals surface area contributed by atoms with Crippen LogP contribution in [0.1, 0.15) is 252 Å². The SMILES string of the molecule is CCCCC/C=C\C/C=C\C/C=C\C/C=C\C/C=C\CCC(=O)OC[C@H](COC(=O)CCC/C=C\C/C=C\C/C=C\C/C=C\CCCCC)OC(=O)CCCCCCCCC/C=C\CCCCCCCC. The highest BCUT2D eigenvalue weighted by molar-refractivity contribution is 5.71. The molecule has 0 amide bonds. The number of rotatable bonds is 51. The average Bonchev–Trinajstić information content (AvgIpc) is 3.37. The van der Waals surface area contributed by atoms with E-state index in [2.05, 4.69) is 136 Å². The molecule has 402 valence electrons. The lowest BCUT2D eigenvalue weighted by Gasteiger charge is -2.18. The van der Waals surface area contributed by atoms with Crippen LogP contribution in [0.25, 0.3) is 0 Å². The predicted molar refractivity (Wildman–Crippen MR) is 306 cm³/mol. The van der Waals surface area contributed by atoms with E-state index in [9.17, 15) is 14.4 Å². The Balaban J connectivity index is 4.60. The fourth-order valence-electron chi connectivity index (χ4n) is 7.53. The molecule has 0 aromatic rings. The average molecular weight is 984 g/mol. The summed E-state index contributed by atoms with van der Waals surface area (Å²) in [5, 5.41) is 0. The minimum absolute atomic E-state index is 0.134. The smallest absolute Gasteiger partial charge is 0.306 e. The van der Waals surface area contributed by atoms with Crippen molar-refractivity contribution >= 4 is 17.9 Å². The van der Waals surface area contributed by atoms with Gasteiger partial charge < -0.3 is 14.2 Å². The fraction of sp³-hybridized carbons (Fsp3) is 0.646. The first-order valence-electron chi connectivity index (χ1n) is 29.0. The predicted octanol–water partition coefficient (Wildman–Crippen LogP) is 19.6. The van der Waals surface area contributed by atoms with E-state index < -0.39 is 6.10 Å².